The number of fused-ring (bicyclic) bond motifs is 3. The molecule has 2 aromatic rings. The summed E-state index contributed by atoms with van der Waals surface area (Å²) in [5, 5.41) is 0. The van der Waals surface area contributed by atoms with Crippen LogP contribution in [0.1, 0.15) is 43.4 Å². The van der Waals surface area contributed by atoms with Crippen molar-refractivity contribution in [3.05, 3.63) is 42.0 Å². The topological polar surface area (TPSA) is 47.4 Å². The number of carbonyl (C=O) groups is 1. The van der Waals surface area contributed by atoms with E-state index in [1.165, 1.54) is 5.56 Å². The Kier molecular flexibility index (Phi) is 3.59. The lowest BCUT2D eigenvalue weighted by molar-refractivity contribution is -0.118. The van der Waals surface area contributed by atoms with Crippen LogP contribution in [0.5, 0.6) is 5.75 Å². The zero-order valence-electron chi connectivity index (χ0n) is 14.4. The highest BCUT2D eigenvalue weighted by atomic mass is 16.5. The number of hydrogen-bond donors (Lipinski definition) is 0. The number of aromatic nitrogens is 2. The molecule has 1 aliphatic carbocycles. The third kappa shape index (κ3) is 2.30. The van der Waals surface area contributed by atoms with Crippen LogP contribution in [0, 0.1) is 5.92 Å². The zero-order chi connectivity index (χ0) is 16.8. The molecular weight excluding hydrogens is 302 g/mol. The minimum absolute atomic E-state index is 0.155. The Hall–Kier alpha value is -2.30. The summed E-state index contributed by atoms with van der Waals surface area (Å²) in [5.41, 5.74) is 3.34. The molecule has 0 N–H and O–H groups in total. The molecule has 0 unspecified atom stereocenters. The van der Waals surface area contributed by atoms with Crippen molar-refractivity contribution < 1.29 is 9.53 Å². The molecule has 2 aliphatic rings. The first kappa shape index (κ1) is 15.2. The molecule has 4 rings (SSSR count). The number of nitrogens with zero attached hydrogens (tertiary/aromatic N) is 3. The van der Waals surface area contributed by atoms with Crippen LogP contribution in [-0.4, -0.2) is 28.6 Å². The lowest BCUT2D eigenvalue weighted by Crippen LogP contribution is -2.29. The second-order valence-corrected chi connectivity index (χ2v) is 6.70. The molecule has 24 heavy (non-hydrogen) atoms. The number of imidazole rings is 1. The Bertz CT molecular complexity index is 783. The number of amides is 1. The van der Waals surface area contributed by atoms with Gasteiger partial charge in [0.15, 0.2) is 0 Å². The molecule has 126 valence electrons. The molecule has 1 aromatic carbocycles. The molecule has 1 fully saturated rings. The zero-order valence-corrected chi connectivity index (χ0v) is 14.4. The normalized spacial score (nSPS) is 23.9. The Morgan fingerprint density at radius 2 is 2.21 bits per heavy atom. The van der Waals surface area contributed by atoms with E-state index >= 15 is 0 Å². The summed E-state index contributed by atoms with van der Waals surface area (Å²) in [6.45, 7) is 5.36. The number of ether oxygens (including phenoxy) is 1. The highest BCUT2D eigenvalue weighted by Gasteiger charge is 2.56. The van der Waals surface area contributed by atoms with E-state index in [-0.39, 0.29) is 5.91 Å². The maximum absolute atomic E-state index is 12.2. The highest BCUT2D eigenvalue weighted by Crippen LogP contribution is 2.64. The van der Waals surface area contributed by atoms with Crippen molar-refractivity contribution in [2.45, 2.75) is 32.1 Å². The van der Waals surface area contributed by atoms with Gasteiger partial charge in [-0.3, -0.25) is 4.79 Å². The van der Waals surface area contributed by atoms with E-state index in [9.17, 15) is 4.79 Å². The molecule has 0 saturated heterocycles. The Morgan fingerprint density at radius 3 is 2.88 bits per heavy atom. The molecule has 1 amide bonds. The number of aryl methyl sites for hydroxylation is 1. The van der Waals surface area contributed by atoms with Gasteiger partial charge in [0.1, 0.15) is 5.75 Å². The van der Waals surface area contributed by atoms with Gasteiger partial charge in [0.2, 0.25) is 5.91 Å². The first-order valence-corrected chi connectivity index (χ1v) is 8.69. The van der Waals surface area contributed by atoms with Crippen LogP contribution >= 0.6 is 0 Å². The summed E-state index contributed by atoms with van der Waals surface area (Å²) in [6, 6.07) is 6.15. The van der Waals surface area contributed by atoms with Crippen molar-refractivity contribution >= 4 is 11.6 Å². The van der Waals surface area contributed by atoms with Crippen LogP contribution in [0.2, 0.25) is 0 Å². The summed E-state index contributed by atoms with van der Waals surface area (Å²) in [7, 11) is 2.00. The predicted octanol–water partition coefficient (Wildman–Crippen LogP) is 3.07. The fourth-order valence-electron chi connectivity index (χ4n) is 3.99. The maximum atomic E-state index is 12.2. The Labute approximate surface area is 142 Å². The summed E-state index contributed by atoms with van der Waals surface area (Å²) >= 11 is 0. The average Bonchev–Trinajstić information content (AvgIpc) is 3.20. The van der Waals surface area contributed by atoms with Crippen molar-refractivity contribution in [2.75, 3.05) is 18.1 Å². The van der Waals surface area contributed by atoms with E-state index < -0.39 is 0 Å². The lowest BCUT2D eigenvalue weighted by Gasteiger charge is -2.23. The van der Waals surface area contributed by atoms with E-state index in [0.29, 0.717) is 30.7 Å². The first-order valence-electron chi connectivity index (χ1n) is 8.69. The number of rotatable bonds is 4. The van der Waals surface area contributed by atoms with Gasteiger partial charge in [0, 0.05) is 55.2 Å². The minimum atomic E-state index is 0.155. The van der Waals surface area contributed by atoms with Crippen molar-refractivity contribution in [1.29, 1.82) is 0 Å². The summed E-state index contributed by atoms with van der Waals surface area (Å²) in [6.07, 6.45) is 4.48. The molecule has 0 radical (unpaired) electrons. The van der Waals surface area contributed by atoms with Gasteiger partial charge < -0.3 is 14.2 Å². The minimum Gasteiger partial charge on any atom is -0.493 e. The maximum Gasteiger partial charge on any atom is 0.226 e. The van der Waals surface area contributed by atoms with Gasteiger partial charge in [-0.25, -0.2) is 4.98 Å². The van der Waals surface area contributed by atoms with Gasteiger partial charge in [-0.15, -0.1) is 0 Å². The SMILES string of the molecule is CCC(=O)N(CC)c1ccc2c(c1)[C@@H]1[C@H](CO2)[C@H]1c1cn(C)cn1. The number of benzene rings is 1. The smallest absolute Gasteiger partial charge is 0.226 e. The summed E-state index contributed by atoms with van der Waals surface area (Å²) in [5.74, 6) is 2.50. The van der Waals surface area contributed by atoms with Gasteiger partial charge in [-0.1, -0.05) is 6.92 Å². The molecule has 3 atom stereocenters. The van der Waals surface area contributed by atoms with E-state index in [2.05, 4.69) is 17.2 Å². The highest BCUT2D eigenvalue weighted by molar-refractivity contribution is 5.93. The van der Waals surface area contributed by atoms with Gasteiger partial charge in [-0.05, 0) is 25.1 Å². The number of hydrogen-bond acceptors (Lipinski definition) is 3. The van der Waals surface area contributed by atoms with Gasteiger partial charge in [0.25, 0.3) is 0 Å². The average molecular weight is 325 g/mol. The third-order valence-electron chi connectivity index (χ3n) is 5.25. The Morgan fingerprint density at radius 1 is 1.38 bits per heavy atom. The second-order valence-electron chi connectivity index (χ2n) is 6.70. The monoisotopic (exact) mass is 325 g/mol. The molecule has 5 heteroatoms. The van der Waals surface area contributed by atoms with Crippen LogP contribution in [0.3, 0.4) is 0 Å². The van der Waals surface area contributed by atoms with Crippen molar-refractivity contribution in [3.63, 3.8) is 0 Å². The molecule has 5 nitrogen and oxygen atoms in total. The van der Waals surface area contributed by atoms with Crippen molar-refractivity contribution in [2.24, 2.45) is 13.0 Å². The van der Waals surface area contributed by atoms with Gasteiger partial charge >= 0.3 is 0 Å². The number of carbonyl (C=O) groups excluding carboxylic acids is 1. The molecular formula is C19H23N3O2. The quantitative estimate of drug-likeness (QED) is 0.868. The Balaban J connectivity index is 1.67. The van der Waals surface area contributed by atoms with Crippen LogP contribution < -0.4 is 9.64 Å². The van der Waals surface area contributed by atoms with Gasteiger partial charge in [-0.2, -0.15) is 0 Å². The predicted molar refractivity (Wildman–Crippen MR) is 92.4 cm³/mol. The van der Waals surface area contributed by atoms with Crippen LogP contribution in [0.15, 0.2) is 30.7 Å². The van der Waals surface area contributed by atoms with Crippen LogP contribution in [0.25, 0.3) is 0 Å². The fourth-order valence-corrected chi connectivity index (χ4v) is 3.99. The molecule has 0 spiro atoms. The second kappa shape index (κ2) is 5.65. The number of anilines is 1. The summed E-state index contributed by atoms with van der Waals surface area (Å²) in [4.78, 5) is 18.6. The van der Waals surface area contributed by atoms with E-state index in [1.807, 2.05) is 48.8 Å². The van der Waals surface area contributed by atoms with E-state index in [0.717, 1.165) is 23.7 Å². The first-order chi connectivity index (χ1) is 11.6. The van der Waals surface area contributed by atoms with Crippen LogP contribution in [0.4, 0.5) is 5.69 Å². The standard InChI is InChI=1S/C19H23N3O2/c1-4-17(23)22(5-2)12-6-7-16-13(8-12)18-14(10-24-16)19(18)15-9-21(3)11-20-15/h6-9,11,14,18-19H,4-5,10H2,1-3H3/t14-,18+,19-/m0/s1. The summed E-state index contributed by atoms with van der Waals surface area (Å²) < 4.78 is 7.95. The molecule has 1 aromatic heterocycles. The molecule has 1 saturated carbocycles. The van der Waals surface area contributed by atoms with Crippen LogP contribution in [-0.2, 0) is 11.8 Å². The fraction of sp³-hybridized carbons (Fsp3) is 0.474. The van der Waals surface area contributed by atoms with E-state index in [4.69, 9.17) is 4.74 Å². The van der Waals surface area contributed by atoms with Crippen molar-refractivity contribution in [1.82, 2.24) is 9.55 Å². The van der Waals surface area contributed by atoms with Crippen molar-refractivity contribution in [3.8, 4) is 5.75 Å². The third-order valence-corrected chi connectivity index (χ3v) is 5.25. The molecule has 2 heterocycles. The van der Waals surface area contributed by atoms with E-state index in [1.54, 1.807) is 0 Å². The largest absolute Gasteiger partial charge is 0.493 e. The lowest BCUT2D eigenvalue weighted by atomic mass is 10.0. The molecule has 1 aliphatic heterocycles. The molecule has 0 bridgehead atoms. The van der Waals surface area contributed by atoms with Gasteiger partial charge in [0.05, 0.1) is 18.6 Å².